The Balaban J connectivity index is 2.59. The average Bonchev–Trinajstić information content (AvgIpc) is 2.55. The van der Waals surface area contributed by atoms with E-state index in [1.54, 1.807) is 0 Å². The van der Waals surface area contributed by atoms with Gasteiger partial charge in [-0.25, -0.2) is 0 Å². The molecule has 0 bridgehead atoms. The number of nitrogens with zero attached hydrogens (tertiary/aromatic N) is 3. The minimum absolute atomic E-state index is 0.357. The summed E-state index contributed by atoms with van der Waals surface area (Å²) in [6.45, 7) is 13.5. The zero-order valence-electron chi connectivity index (χ0n) is 11.5. The molecule has 3 heteroatoms. The molecule has 1 aliphatic heterocycles. The average molecular weight is 225 g/mol. The lowest BCUT2D eigenvalue weighted by Crippen LogP contribution is -2.42. The van der Waals surface area contributed by atoms with Gasteiger partial charge in [-0.3, -0.25) is 5.01 Å². The lowest BCUT2D eigenvalue weighted by molar-refractivity contribution is 0.0900. The van der Waals surface area contributed by atoms with Crippen LogP contribution in [0.4, 0.5) is 0 Å². The number of hydrogen-bond acceptors (Lipinski definition) is 3. The normalized spacial score (nSPS) is 20.9. The van der Waals surface area contributed by atoms with Crippen molar-refractivity contribution in [3.8, 4) is 0 Å². The second-order valence-corrected chi connectivity index (χ2v) is 5.82. The van der Waals surface area contributed by atoms with Gasteiger partial charge in [-0.15, -0.1) is 0 Å². The summed E-state index contributed by atoms with van der Waals surface area (Å²) in [6.07, 6.45) is 6.11. The summed E-state index contributed by atoms with van der Waals surface area (Å²) in [5.74, 6) is 0. The SMILES string of the molecule is CCCCN1N=CN(CC)C1CC(C)(C)C. The van der Waals surface area contributed by atoms with Crippen molar-refractivity contribution in [2.45, 2.75) is 60.0 Å². The molecule has 0 aliphatic carbocycles. The van der Waals surface area contributed by atoms with Gasteiger partial charge in [0.25, 0.3) is 0 Å². The highest BCUT2D eigenvalue weighted by Crippen LogP contribution is 2.27. The van der Waals surface area contributed by atoms with Gasteiger partial charge in [0.15, 0.2) is 0 Å². The van der Waals surface area contributed by atoms with Crippen molar-refractivity contribution in [1.82, 2.24) is 9.91 Å². The van der Waals surface area contributed by atoms with Crippen LogP contribution in [0.1, 0.15) is 53.9 Å². The van der Waals surface area contributed by atoms with Crippen molar-refractivity contribution in [2.24, 2.45) is 10.5 Å². The first-order valence-electron chi connectivity index (χ1n) is 6.54. The summed E-state index contributed by atoms with van der Waals surface area (Å²) in [6, 6.07) is 0. The van der Waals surface area contributed by atoms with Gasteiger partial charge in [0.2, 0.25) is 0 Å². The molecule has 16 heavy (non-hydrogen) atoms. The first-order valence-corrected chi connectivity index (χ1v) is 6.54. The van der Waals surface area contributed by atoms with Crippen molar-refractivity contribution in [2.75, 3.05) is 13.1 Å². The van der Waals surface area contributed by atoms with Crippen LogP contribution in [-0.4, -0.2) is 35.5 Å². The zero-order chi connectivity index (χ0) is 12.2. The van der Waals surface area contributed by atoms with Crippen LogP contribution in [0.2, 0.25) is 0 Å². The molecule has 1 aliphatic rings. The number of hydrogen-bond donors (Lipinski definition) is 0. The third-order valence-electron chi connectivity index (χ3n) is 2.98. The highest BCUT2D eigenvalue weighted by Gasteiger charge is 2.30. The number of unbranched alkanes of at least 4 members (excludes halogenated alkanes) is 1. The molecular formula is C13H27N3. The Morgan fingerprint density at radius 2 is 1.94 bits per heavy atom. The van der Waals surface area contributed by atoms with Gasteiger partial charge in [0, 0.05) is 13.1 Å². The Kier molecular flexibility index (Phi) is 4.63. The molecule has 0 aromatic rings. The summed E-state index contributed by atoms with van der Waals surface area (Å²) >= 11 is 0. The van der Waals surface area contributed by atoms with Crippen LogP contribution in [0.3, 0.4) is 0 Å². The van der Waals surface area contributed by atoms with E-state index in [1.165, 1.54) is 19.3 Å². The largest absolute Gasteiger partial charge is 0.340 e. The smallest absolute Gasteiger partial charge is 0.119 e. The highest BCUT2D eigenvalue weighted by atomic mass is 15.6. The van der Waals surface area contributed by atoms with Crippen LogP contribution in [0.25, 0.3) is 0 Å². The maximum atomic E-state index is 4.53. The van der Waals surface area contributed by atoms with E-state index < -0.39 is 0 Å². The fourth-order valence-corrected chi connectivity index (χ4v) is 2.05. The standard InChI is InChI=1S/C13H27N3/c1-6-8-9-16-12(10-13(3,4)5)15(7-2)11-14-16/h11-12H,6-10H2,1-5H3. The molecule has 3 nitrogen and oxygen atoms in total. The van der Waals surface area contributed by atoms with E-state index in [1.807, 2.05) is 6.34 Å². The van der Waals surface area contributed by atoms with E-state index in [9.17, 15) is 0 Å². The minimum atomic E-state index is 0.357. The van der Waals surface area contributed by atoms with E-state index in [2.05, 4.69) is 49.6 Å². The van der Waals surface area contributed by atoms with Gasteiger partial charge in [-0.1, -0.05) is 34.1 Å². The Bertz CT molecular complexity index is 230. The molecule has 94 valence electrons. The molecule has 0 N–H and O–H groups in total. The summed E-state index contributed by atoms with van der Waals surface area (Å²) in [5, 5.41) is 6.79. The van der Waals surface area contributed by atoms with Crippen molar-refractivity contribution in [1.29, 1.82) is 0 Å². The fraction of sp³-hybridized carbons (Fsp3) is 0.923. The second kappa shape index (κ2) is 5.55. The second-order valence-electron chi connectivity index (χ2n) is 5.82. The molecule has 0 saturated carbocycles. The topological polar surface area (TPSA) is 18.8 Å². The van der Waals surface area contributed by atoms with Crippen molar-refractivity contribution in [3.63, 3.8) is 0 Å². The van der Waals surface area contributed by atoms with E-state index in [-0.39, 0.29) is 0 Å². The predicted octanol–water partition coefficient (Wildman–Crippen LogP) is 3.13. The maximum Gasteiger partial charge on any atom is 0.119 e. The first kappa shape index (κ1) is 13.3. The van der Waals surface area contributed by atoms with Gasteiger partial charge in [0.05, 0.1) is 0 Å². The van der Waals surface area contributed by atoms with Crippen LogP contribution < -0.4 is 0 Å². The third-order valence-corrected chi connectivity index (χ3v) is 2.98. The first-order chi connectivity index (χ1) is 7.48. The van der Waals surface area contributed by atoms with Crippen LogP contribution in [0.15, 0.2) is 5.10 Å². The molecule has 0 saturated heterocycles. The van der Waals surface area contributed by atoms with E-state index >= 15 is 0 Å². The fourth-order valence-electron chi connectivity index (χ4n) is 2.05. The Labute approximate surface area is 100 Å². The number of hydrazone groups is 1. The molecule has 1 atom stereocenters. The molecule has 1 rings (SSSR count). The summed E-state index contributed by atoms with van der Waals surface area (Å²) < 4.78 is 0. The zero-order valence-corrected chi connectivity index (χ0v) is 11.5. The van der Waals surface area contributed by atoms with Crippen LogP contribution in [0, 0.1) is 5.41 Å². The van der Waals surface area contributed by atoms with Crippen LogP contribution in [-0.2, 0) is 0 Å². The van der Waals surface area contributed by atoms with E-state index in [0.29, 0.717) is 11.6 Å². The molecule has 1 unspecified atom stereocenters. The Morgan fingerprint density at radius 1 is 1.25 bits per heavy atom. The molecule has 0 aromatic heterocycles. The van der Waals surface area contributed by atoms with Gasteiger partial charge in [-0.05, 0) is 25.2 Å². The minimum Gasteiger partial charge on any atom is -0.340 e. The van der Waals surface area contributed by atoms with Crippen molar-refractivity contribution in [3.05, 3.63) is 0 Å². The van der Waals surface area contributed by atoms with Crippen molar-refractivity contribution >= 4 is 6.34 Å². The summed E-state index contributed by atoms with van der Waals surface area (Å²) in [5.41, 5.74) is 0.357. The molecule has 0 spiro atoms. The molecule has 0 aromatic carbocycles. The Hall–Kier alpha value is -0.730. The quantitative estimate of drug-likeness (QED) is 0.716. The van der Waals surface area contributed by atoms with Gasteiger partial charge in [0.1, 0.15) is 12.5 Å². The maximum absolute atomic E-state index is 4.53. The van der Waals surface area contributed by atoms with E-state index in [0.717, 1.165) is 13.1 Å². The monoisotopic (exact) mass is 225 g/mol. The summed E-state index contributed by atoms with van der Waals surface area (Å²) in [4.78, 5) is 2.35. The number of rotatable bonds is 5. The van der Waals surface area contributed by atoms with Gasteiger partial charge < -0.3 is 4.90 Å². The molecule has 1 heterocycles. The molecule has 0 fully saturated rings. The lowest BCUT2D eigenvalue weighted by Gasteiger charge is -2.34. The summed E-state index contributed by atoms with van der Waals surface area (Å²) in [7, 11) is 0. The molecular weight excluding hydrogens is 198 g/mol. The molecule has 0 amide bonds. The van der Waals surface area contributed by atoms with E-state index in [4.69, 9.17) is 0 Å². The van der Waals surface area contributed by atoms with Crippen LogP contribution in [0.5, 0.6) is 0 Å². The van der Waals surface area contributed by atoms with Crippen molar-refractivity contribution < 1.29 is 0 Å². The predicted molar refractivity (Wildman–Crippen MR) is 70.3 cm³/mol. The molecule has 0 radical (unpaired) electrons. The Morgan fingerprint density at radius 3 is 2.44 bits per heavy atom. The van der Waals surface area contributed by atoms with Gasteiger partial charge >= 0.3 is 0 Å². The highest BCUT2D eigenvalue weighted by molar-refractivity contribution is 5.57. The van der Waals surface area contributed by atoms with Crippen LogP contribution >= 0.6 is 0 Å². The lowest BCUT2D eigenvalue weighted by atomic mass is 9.90. The van der Waals surface area contributed by atoms with Gasteiger partial charge in [-0.2, -0.15) is 5.10 Å². The third kappa shape index (κ3) is 3.69.